The van der Waals surface area contributed by atoms with Crippen LogP contribution in [0, 0.1) is 17.8 Å². The number of rotatable bonds is 3. The van der Waals surface area contributed by atoms with Crippen LogP contribution in [-0.4, -0.2) is 19.0 Å². The molecule has 2 unspecified atom stereocenters. The molecule has 0 aromatic rings. The van der Waals surface area contributed by atoms with Gasteiger partial charge in [0, 0.05) is 18.4 Å². The molecule has 1 saturated heterocycles. The van der Waals surface area contributed by atoms with Gasteiger partial charge in [0.25, 0.3) is 0 Å². The van der Waals surface area contributed by atoms with Gasteiger partial charge in [-0.3, -0.25) is 4.79 Å². The summed E-state index contributed by atoms with van der Waals surface area (Å²) >= 11 is 0. The van der Waals surface area contributed by atoms with Crippen LogP contribution in [0.5, 0.6) is 0 Å². The second-order valence-corrected chi connectivity index (χ2v) is 4.09. The quantitative estimate of drug-likeness (QED) is 0.640. The van der Waals surface area contributed by atoms with E-state index in [-0.39, 0.29) is 5.92 Å². The van der Waals surface area contributed by atoms with Crippen molar-refractivity contribution in [3.8, 4) is 0 Å². The molecule has 12 heavy (non-hydrogen) atoms. The number of ether oxygens (including phenoxy) is 1. The zero-order chi connectivity index (χ0) is 8.55. The lowest BCUT2D eigenvalue weighted by Gasteiger charge is -2.12. The maximum Gasteiger partial charge on any atom is 0.141 e. The monoisotopic (exact) mass is 168 g/mol. The van der Waals surface area contributed by atoms with Gasteiger partial charge in [0.2, 0.25) is 0 Å². The number of ketones is 1. The lowest BCUT2D eigenvalue weighted by atomic mass is 9.90. The van der Waals surface area contributed by atoms with Gasteiger partial charge in [-0.05, 0) is 25.2 Å². The zero-order valence-electron chi connectivity index (χ0n) is 7.58. The van der Waals surface area contributed by atoms with E-state index in [0.717, 1.165) is 13.0 Å². The summed E-state index contributed by atoms with van der Waals surface area (Å²) in [5.74, 6) is 1.69. The Kier molecular flexibility index (Phi) is 2.18. The molecule has 0 radical (unpaired) electrons. The molecule has 0 amide bonds. The smallest absolute Gasteiger partial charge is 0.141 e. The largest absolute Gasteiger partial charge is 0.381 e. The molecule has 2 atom stereocenters. The SMILES string of the molecule is CC(C(=O)C1CCOC1)C1CC1. The highest BCUT2D eigenvalue weighted by atomic mass is 16.5. The number of Topliss-reactive ketones (excluding diaryl/α,β-unsaturated/α-hetero) is 1. The molecule has 0 aromatic heterocycles. The van der Waals surface area contributed by atoms with E-state index in [9.17, 15) is 4.79 Å². The molecule has 1 aliphatic carbocycles. The number of carbonyl (C=O) groups excluding carboxylic acids is 1. The van der Waals surface area contributed by atoms with Gasteiger partial charge in [-0.2, -0.15) is 0 Å². The number of hydrogen-bond acceptors (Lipinski definition) is 2. The van der Waals surface area contributed by atoms with Gasteiger partial charge >= 0.3 is 0 Å². The average Bonchev–Trinajstić information content (AvgIpc) is 2.79. The van der Waals surface area contributed by atoms with Gasteiger partial charge in [0.15, 0.2) is 0 Å². The minimum atomic E-state index is 0.223. The van der Waals surface area contributed by atoms with Gasteiger partial charge in [-0.1, -0.05) is 6.92 Å². The van der Waals surface area contributed by atoms with Crippen molar-refractivity contribution in [2.45, 2.75) is 26.2 Å². The van der Waals surface area contributed by atoms with Gasteiger partial charge in [-0.15, -0.1) is 0 Å². The molecule has 2 rings (SSSR count). The van der Waals surface area contributed by atoms with Crippen molar-refractivity contribution in [2.24, 2.45) is 17.8 Å². The Morgan fingerprint density at radius 1 is 1.42 bits per heavy atom. The Bertz CT molecular complexity index is 174. The fourth-order valence-electron chi connectivity index (χ4n) is 1.96. The fourth-order valence-corrected chi connectivity index (χ4v) is 1.96. The van der Waals surface area contributed by atoms with E-state index >= 15 is 0 Å². The van der Waals surface area contributed by atoms with Crippen molar-refractivity contribution >= 4 is 5.78 Å². The molecule has 2 nitrogen and oxygen atoms in total. The van der Waals surface area contributed by atoms with Crippen molar-refractivity contribution < 1.29 is 9.53 Å². The Morgan fingerprint density at radius 2 is 2.17 bits per heavy atom. The molecule has 0 bridgehead atoms. The lowest BCUT2D eigenvalue weighted by molar-refractivity contribution is -0.126. The molecule has 1 saturated carbocycles. The van der Waals surface area contributed by atoms with E-state index in [2.05, 4.69) is 6.92 Å². The first kappa shape index (κ1) is 8.24. The molecule has 2 fully saturated rings. The van der Waals surface area contributed by atoms with Crippen LogP contribution in [-0.2, 0) is 9.53 Å². The van der Waals surface area contributed by atoms with E-state index in [1.54, 1.807) is 0 Å². The van der Waals surface area contributed by atoms with Crippen LogP contribution < -0.4 is 0 Å². The highest BCUT2D eigenvalue weighted by Gasteiger charge is 2.36. The summed E-state index contributed by atoms with van der Waals surface area (Å²) in [5.41, 5.74) is 0. The molecule has 0 aromatic carbocycles. The predicted octanol–water partition coefficient (Wildman–Crippen LogP) is 1.64. The van der Waals surface area contributed by atoms with Crippen molar-refractivity contribution in [2.75, 3.05) is 13.2 Å². The lowest BCUT2D eigenvalue weighted by Crippen LogP contribution is -2.23. The fraction of sp³-hybridized carbons (Fsp3) is 0.900. The van der Waals surface area contributed by atoms with Gasteiger partial charge in [-0.25, -0.2) is 0 Å². The minimum absolute atomic E-state index is 0.223. The molecule has 0 spiro atoms. The number of hydrogen-bond donors (Lipinski definition) is 0. The topological polar surface area (TPSA) is 26.3 Å². The Hall–Kier alpha value is -0.370. The Balaban J connectivity index is 1.88. The first-order valence-corrected chi connectivity index (χ1v) is 4.90. The van der Waals surface area contributed by atoms with E-state index in [1.165, 1.54) is 12.8 Å². The van der Waals surface area contributed by atoms with Crippen LogP contribution in [0.4, 0.5) is 0 Å². The first-order valence-electron chi connectivity index (χ1n) is 4.90. The van der Waals surface area contributed by atoms with E-state index in [0.29, 0.717) is 24.2 Å². The molecule has 1 aliphatic heterocycles. The summed E-state index contributed by atoms with van der Waals surface area (Å²) in [4.78, 5) is 11.7. The molecule has 2 heteroatoms. The molecule has 68 valence electrons. The van der Waals surface area contributed by atoms with Crippen molar-refractivity contribution in [3.05, 3.63) is 0 Å². The maximum absolute atomic E-state index is 11.7. The highest BCUT2D eigenvalue weighted by molar-refractivity contribution is 5.84. The van der Waals surface area contributed by atoms with Crippen LogP contribution >= 0.6 is 0 Å². The summed E-state index contributed by atoms with van der Waals surface area (Å²) in [7, 11) is 0. The average molecular weight is 168 g/mol. The summed E-state index contributed by atoms with van der Waals surface area (Å²) in [6.45, 7) is 3.54. The summed E-state index contributed by atoms with van der Waals surface area (Å²) in [5, 5.41) is 0. The normalized spacial score (nSPS) is 31.9. The first-order chi connectivity index (χ1) is 5.79. The molecule has 2 aliphatic rings. The number of carbonyl (C=O) groups is 1. The van der Waals surface area contributed by atoms with Crippen molar-refractivity contribution in [1.82, 2.24) is 0 Å². The van der Waals surface area contributed by atoms with E-state index in [1.807, 2.05) is 0 Å². The highest BCUT2D eigenvalue weighted by Crippen LogP contribution is 2.38. The maximum atomic E-state index is 11.7. The predicted molar refractivity (Wildman–Crippen MR) is 45.8 cm³/mol. The summed E-state index contributed by atoms with van der Waals surface area (Å²) in [6, 6.07) is 0. The standard InChI is InChI=1S/C10H16O2/c1-7(8-2-3-8)10(11)9-4-5-12-6-9/h7-9H,2-6H2,1H3. The minimum Gasteiger partial charge on any atom is -0.381 e. The second kappa shape index (κ2) is 3.17. The van der Waals surface area contributed by atoms with Crippen LogP contribution in [0.1, 0.15) is 26.2 Å². The van der Waals surface area contributed by atoms with Gasteiger partial charge in [0.05, 0.1) is 6.61 Å². The second-order valence-electron chi connectivity index (χ2n) is 4.09. The molecule has 1 heterocycles. The van der Waals surface area contributed by atoms with Gasteiger partial charge in [0.1, 0.15) is 5.78 Å². The Morgan fingerprint density at radius 3 is 2.67 bits per heavy atom. The third kappa shape index (κ3) is 1.53. The molecular formula is C10H16O2. The molecular weight excluding hydrogens is 152 g/mol. The van der Waals surface area contributed by atoms with Crippen LogP contribution in [0.25, 0.3) is 0 Å². The van der Waals surface area contributed by atoms with Crippen LogP contribution in [0.15, 0.2) is 0 Å². The Labute approximate surface area is 73.3 Å². The third-order valence-corrected chi connectivity index (χ3v) is 3.11. The van der Waals surface area contributed by atoms with E-state index in [4.69, 9.17) is 4.74 Å². The van der Waals surface area contributed by atoms with Crippen molar-refractivity contribution in [1.29, 1.82) is 0 Å². The van der Waals surface area contributed by atoms with Crippen LogP contribution in [0.2, 0.25) is 0 Å². The van der Waals surface area contributed by atoms with E-state index < -0.39 is 0 Å². The third-order valence-electron chi connectivity index (χ3n) is 3.11. The van der Waals surface area contributed by atoms with Crippen molar-refractivity contribution in [3.63, 3.8) is 0 Å². The zero-order valence-corrected chi connectivity index (χ0v) is 7.58. The van der Waals surface area contributed by atoms with Crippen LogP contribution in [0.3, 0.4) is 0 Å². The summed E-state index contributed by atoms with van der Waals surface area (Å²) < 4.78 is 5.21. The van der Waals surface area contributed by atoms with Gasteiger partial charge < -0.3 is 4.74 Å². The molecule has 0 N–H and O–H groups in total. The summed E-state index contributed by atoms with van der Waals surface area (Å²) in [6.07, 6.45) is 3.48.